The van der Waals surface area contributed by atoms with Crippen molar-refractivity contribution in [3.8, 4) is 0 Å². The van der Waals surface area contributed by atoms with Crippen LogP contribution >= 0.6 is 0 Å². The first kappa shape index (κ1) is 14.3. The van der Waals surface area contributed by atoms with E-state index in [1.807, 2.05) is 13.0 Å². The number of anilines is 2. The summed E-state index contributed by atoms with van der Waals surface area (Å²) in [6.07, 6.45) is 1.19. The quantitative estimate of drug-likeness (QED) is 0.883. The SMILES string of the molecule is Cc1cc(NCc2cccc(S(C)(=O)=O)c2)nc(N)n1. The van der Waals surface area contributed by atoms with Gasteiger partial charge in [-0.15, -0.1) is 0 Å². The molecule has 0 unspecified atom stereocenters. The lowest BCUT2D eigenvalue weighted by Crippen LogP contribution is -2.06. The van der Waals surface area contributed by atoms with Crippen molar-refractivity contribution < 1.29 is 8.42 Å². The van der Waals surface area contributed by atoms with E-state index in [1.165, 1.54) is 6.26 Å². The molecule has 0 saturated carbocycles. The fraction of sp³-hybridized carbons (Fsp3) is 0.231. The highest BCUT2D eigenvalue weighted by molar-refractivity contribution is 7.90. The molecule has 2 rings (SSSR count). The third kappa shape index (κ3) is 3.67. The molecule has 0 spiro atoms. The number of nitrogen functional groups attached to an aromatic ring is 1. The molecule has 0 bridgehead atoms. The minimum Gasteiger partial charge on any atom is -0.368 e. The summed E-state index contributed by atoms with van der Waals surface area (Å²) in [4.78, 5) is 8.34. The highest BCUT2D eigenvalue weighted by atomic mass is 32.2. The summed E-state index contributed by atoms with van der Waals surface area (Å²) in [5, 5.41) is 3.10. The number of aromatic nitrogens is 2. The molecule has 0 amide bonds. The maximum Gasteiger partial charge on any atom is 0.222 e. The van der Waals surface area contributed by atoms with Gasteiger partial charge in [-0.05, 0) is 24.6 Å². The Bertz CT molecular complexity index is 709. The van der Waals surface area contributed by atoms with Gasteiger partial charge in [0.2, 0.25) is 5.95 Å². The summed E-state index contributed by atoms with van der Waals surface area (Å²) in [7, 11) is -3.20. The molecule has 1 aromatic heterocycles. The molecule has 7 heteroatoms. The van der Waals surface area contributed by atoms with Gasteiger partial charge in [0.25, 0.3) is 0 Å². The van der Waals surface area contributed by atoms with Gasteiger partial charge >= 0.3 is 0 Å². The molecule has 20 heavy (non-hydrogen) atoms. The Labute approximate surface area is 118 Å². The van der Waals surface area contributed by atoms with Gasteiger partial charge in [-0.1, -0.05) is 12.1 Å². The fourth-order valence-electron chi connectivity index (χ4n) is 1.76. The van der Waals surface area contributed by atoms with Crippen molar-refractivity contribution in [2.24, 2.45) is 0 Å². The van der Waals surface area contributed by atoms with Gasteiger partial charge in [-0.2, -0.15) is 4.98 Å². The summed E-state index contributed by atoms with van der Waals surface area (Å²) in [6, 6.07) is 8.55. The van der Waals surface area contributed by atoms with E-state index < -0.39 is 9.84 Å². The predicted molar refractivity (Wildman–Crippen MR) is 78.1 cm³/mol. The number of aryl methyl sites for hydroxylation is 1. The average molecular weight is 292 g/mol. The lowest BCUT2D eigenvalue weighted by atomic mass is 10.2. The normalized spacial score (nSPS) is 11.3. The van der Waals surface area contributed by atoms with Crippen LogP contribution in [-0.4, -0.2) is 24.6 Å². The van der Waals surface area contributed by atoms with Crippen LogP contribution in [0.4, 0.5) is 11.8 Å². The zero-order chi connectivity index (χ0) is 14.8. The number of nitrogens with zero attached hydrogens (tertiary/aromatic N) is 2. The molecule has 0 atom stereocenters. The molecule has 0 aliphatic rings. The van der Waals surface area contributed by atoms with Gasteiger partial charge in [0.05, 0.1) is 4.90 Å². The van der Waals surface area contributed by atoms with Crippen molar-refractivity contribution in [1.29, 1.82) is 0 Å². The van der Waals surface area contributed by atoms with E-state index >= 15 is 0 Å². The van der Waals surface area contributed by atoms with Crippen molar-refractivity contribution in [3.63, 3.8) is 0 Å². The smallest absolute Gasteiger partial charge is 0.222 e. The predicted octanol–water partition coefficient (Wildman–Crippen LogP) is 1.38. The zero-order valence-electron chi connectivity index (χ0n) is 11.3. The Balaban J connectivity index is 2.15. The molecule has 0 aliphatic carbocycles. The van der Waals surface area contributed by atoms with E-state index in [0.717, 1.165) is 11.3 Å². The molecule has 3 N–H and O–H groups in total. The summed E-state index contributed by atoms with van der Waals surface area (Å²) >= 11 is 0. The minimum atomic E-state index is -3.20. The summed E-state index contributed by atoms with van der Waals surface area (Å²) in [5.41, 5.74) is 7.19. The van der Waals surface area contributed by atoms with Crippen LogP contribution < -0.4 is 11.1 Å². The first-order valence-electron chi connectivity index (χ1n) is 5.98. The lowest BCUT2D eigenvalue weighted by Gasteiger charge is -2.08. The summed E-state index contributed by atoms with van der Waals surface area (Å²) in [6.45, 7) is 2.28. The van der Waals surface area contributed by atoms with Crippen LogP contribution in [0.3, 0.4) is 0 Å². The average Bonchev–Trinajstić information content (AvgIpc) is 2.35. The van der Waals surface area contributed by atoms with E-state index in [9.17, 15) is 8.42 Å². The molecule has 0 aliphatic heterocycles. The third-order valence-corrected chi connectivity index (χ3v) is 3.78. The van der Waals surface area contributed by atoms with Gasteiger partial charge in [-0.3, -0.25) is 0 Å². The van der Waals surface area contributed by atoms with E-state index in [0.29, 0.717) is 17.3 Å². The van der Waals surface area contributed by atoms with Crippen molar-refractivity contribution in [3.05, 3.63) is 41.6 Å². The van der Waals surface area contributed by atoms with Gasteiger partial charge in [0.1, 0.15) is 5.82 Å². The van der Waals surface area contributed by atoms with Crippen LogP contribution in [0, 0.1) is 6.92 Å². The van der Waals surface area contributed by atoms with Gasteiger partial charge in [0.15, 0.2) is 9.84 Å². The minimum absolute atomic E-state index is 0.206. The second-order valence-corrected chi connectivity index (χ2v) is 6.54. The van der Waals surface area contributed by atoms with Gasteiger partial charge in [-0.25, -0.2) is 13.4 Å². The Morgan fingerprint density at radius 1 is 1.25 bits per heavy atom. The number of benzene rings is 1. The highest BCUT2D eigenvalue weighted by Crippen LogP contribution is 2.13. The van der Waals surface area contributed by atoms with Crippen LogP contribution in [0.15, 0.2) is 35.2 Å². The molecule has 1 aromatic carbocycles. The van der Waals surface area contributed by atoms with Crippen molar-refractivity contribution >= 4 is 21.6 Å². The van der Waals surface area contributed by atoms with Crippen LogP contribution in [0.5, 0.6) is 0 Å². The Morgan fingerprint density at radius 3 is 2.65 bits per heavy atom. The largest absolute Gasteiger partial charge is 0.368 e. The zero-order valence-corrected chi connectivity index (χ0v) is 12.1. The van der Waals surface area contributed by atoms with Crippen molar-refractivity contribution in [2.45, 2.75) is 18.4 Å². The van der Waals surface area contributed by atoms with Gasteiger partial charge < -0.3 is 11.1 Å². The highest BCUT2D eigenvalue weighted by Gasteiger charge is 2.07. The number of rotatable bonds is 4. The number of nitrogens with one attached hydrogen (secondary N) is 1. The molecule has 0 radical (unpaired) electrons. The number of sulfone groups is 1. The van der Waals surface area contributed by atoms with E-state index in [-0.39, 0.29) is 5.95 Å². The molecule has 106 valence electrons. The topological polar surface area (TPSA) is 98.0 Å². The monoisotopic (exact) mass is 292 g/mol. The van der Waals surface area contributed by atoms with E-state index in [2.05, 4.69) is 15.3 Å². The molecular weight excluding hydrogens is 276 g/mol. The summed E-state index contributed by atoms with van der Waals surface area (Å²) < 4.78 is 23.0. The molecular formula is C13H16N4O2S. The van der Waals surface area contributed by atoms with Crippen LogP contribution in [0.25, 0.3) is 0 Å². The van der Waals surface area contributed by atoms with Crippen LogP contribution in [-0.2, 0) is 16.4 Å². The van der Waals surface area contributed by atoms with Gasteiger partial charge in [0, 0.05) is 24.6 Å². The van der Waals surface area contributed by atoms with Crippen molar-refractivity contribution in [2.75, 3.05) is 17.3 Å². The fourth-order valence-corrected chi connectivity index (χ4v) is 2.45. The Kier molecular flexibility index (Phi) is 3.89. The number of hydrogen-bond acceptors (Lipinski definition) is 6. The molecule has 0 fully saturated rings. The molecule has 6 nitrogen and oxygen atoms in total. The first-order chi connectivity index (χ1) is 9.34. The number of nitrogens with two attached hydrogens (primary N) is 1. The van der Waals surface area contributed by atoms with Crippen molar-refractivity contribution in [1.82, 2.24) is 9.97 Å². The van der Waals surface area contributed by atoms with E-state index in [4.69, 9.17) is 5.73 Å². The number of hydrogen-bond donors (Lipinski definition) is 2. The maximum absolute atomic E-state index is 11.5. The third-order valence-electron chi connectivity index (χ3n) is 2.67. The standard InChI is InChI=1S/C13H16N4O2S/c1-9-6-12(17-13(14)16-9)15-8-10-4-3-5-11(7-10)20(2,18)19/h3-7H,8H2,1-2H3,(H3,14,15,16,17). The Morgan fingerprint density at radius 2 is 2.00 bits per heavy atom. The second-order valence-electron chi connectivity index (χ2n) is 4.53. The maximum atomic E-state index is 11.5. The lowest BCUT2D eigenvalue weighted by molar-refractivity contribution is 0.602. The summed E-state index contributed by atoms with van der Waals surface area (Å²) in [5.74, 6) is 0.817. The molecule has 1 heterocycles. The Hall–Kier alpha value is -2.15. The molecule has 0 saturated heterocycles. The van der Waals surface area contributed by atoms with Crippen LogP contribution in [0.2, 0.25) is 0 Å². The van der Waals surface area contributed by atoms with E-state index in [1.54, 1.807) is 24.3 Å². The first-order valence-corrected chi connectivity index (χ1v) is 7.88. The molecule has 2 aromatic rings. The van der Waals surface area contributed by atoms with Crippen LogP contribution in [0.1, 0.15) is 11.3 Å². The second kappa shape index (κ2) is 5.46.